The Labute approximate surface area is 122 Å². The van der Waals surface area contributed by atoms with Crippen LogP contribution in [0.25, 0.3) is 0 Å². The molecule has 3 heterocycles. The standard InChI is InChI=1S/C15H16N4O2/c1-10(2)21-12-3-4-13(17-6-12)15(20)19-7-11-5-16-9-18-14(11)8-19/h3-6,9-10H,7-8H2,1-2H3. The van der Waals surface area contributed by atoms with Gasteiger partial charge in [0, 0.05) is 18.3 Å². The maximum atomic E-state index is 12.4. The quantitative estimate of drug-likeness (QED) is 0.860. The van der Waals surface area contributed by atoms with Crippen LogP contribution in [0.3, 0.4) is 0 Å². The Morgan fingerprint density at radius 2 is 2.10 bits per heavy atom. The van der Waals surface area contributed by atoms with Gasteiger partial charge >= 0.3 is 0 Å². The highest BCUT2D eigenvalue weighted by molar-refractivity contribution is 5.92. The first-order valence-electron chi connectivity index (χ1n) is 6.83. The molecule has 0 bridgehead atoms. The van der Waals surface area contributed by atoms with Crippen LogP contribution in [-0.2, 0) is 13.1 Å². The van der Waals surface area contributed by atoms with Crippen molar-refractivity contribution in [1.29, 1.82) is 0 Å². The molecule has 1 aliphatic heterocycles. The van der Waals surface area contributed by atoms with Crippen molar-refractivity contribution in [2.24, 2.45) is 0 Å². The third-order valence-corrected chi connectivity index (χ3v) is 3.20. The molecule has 1 amide bonds. The molecule has 0 fully saturated rings. The molecule has 1 aliphatic rings. The van der Waals surface area contributed by atoms with E-state index in [1.165, 1.54) is 6.33 Å². The molecule has 21 heavy (non-hydrogen) atoms. The number of amides is 1. The lowest BCUT2D eigenvalue weighted by Gasteiger charge is -2.15. The molecule has 0 saturated carbocycles. The predicted molar refractivity (Wildman–Crippen MR) is 75.6 cm³/mol. The van der Waals surface area contributed by atoms with Crippen molar-refractivity contribution in [3.05, 3.63) is 47.8 Å². The number of hydrogen-bond acceptors (Lipinski definition) is 5. The minimum Gasteiger partial charge on any atom is -0.489 e. The van der Waals surface area contributed by atoms with Crippen molar-refractivity contribution in [2.75, 3.05) is 0 Å². The Morgan fingerprint density at radius 1 is 1.24 bits per heavy atom. The van der Waals surface area contributed by atoms with E-state index in [4.69, 9.17) is 4.74 Å². The molecule has 0 N–H and O–H groups in total. The van der Waals surface area contributed by atoms with Gasteiger partial charge in [-0.1, -0.05) is 0 Å². The second-order valence-corrected chi connectivity index (χ2v) is 5.20. The predicted octanol–water partition coefficient (Wildman–Crippen LogP) is 1.81. The second kappa shape index (κ2) is 5.47. The Balaban J connectivity index is 1.72. The number of carbonyl (C=O) groups excluding carboxylic acids is 1. The van der Waals surface area contributed by atoms with E-state index < -0.39 is 0 Å². The topological polar surface area (TPSA) is 68.2 Å². The Morgan fingerprint density at radius 3 is 2.76 bits per heavy atom. The van der Waals surface area contributed by atoms with Gasteiger partial charge in [0.25, 0.3) is 5.91 Å². The van der Waals surface area contributed by atoms with E-state index in [0.29, 0.717) is 24.5 Å². The average molecular weight is 284 g/mol. The molecule has 0 saturated heterocycles. The lowest BCUT2D eigenvalue weighted by molar-refractivity contribution is 0.0744. The zero-order chi connectivity index (χ0) is 14.8. The van der Waals surface area contributed by atoms with Gasteiger partial charge in [0.1, 0.15) is 17.8 Å². The molecule has 0 aromatic carbocycles. The zero-order valence-corrected chi connectivity index (χ0v) is 12.0. The summed E-state index contributed by atoms with van der Waals surface area (Å²) in [6.45, 7) is 4.92. The molecule has 6 heteroatoms. The number of aromatic nitrogens is 3. The van der Waals surface area contributed by atoms with Crippen LogP contribution < -0.4 is 4.74 Å². The number of hydrogen-bond donors (Lipinski definition) is 0. The Kier molecular flexibility index (Phi) is 3.51. The van der Waals surface area contributed by atoms with E-state index in [0.717, 1.165) is 11.3 Å². The van der Waals surface area contributed by atoms with Crippen molar-refractivity contribution in [3.63, 3.8) is 0 Å². The molecule has 0 radical (unpaired) electrons. The summed E-state index contributed by atoms with van der Waals surface area (Å²) in [6, 6.07) is 3.46. The second-order valence-electron chi connectivity index (χ2n) is 5.20. The normalized spacial score (nSPS) is 13.4. The number of fused-ring (bicyclic) bond motifs is 1. The van der Waals surface area contributed by atoms with Crippen LogP contribution in [0.4, 0.5) is 0 Å². The van der Waals surface area contributed by atoms with E-state index in [-0.39, 0.29) is 12.0 Å². The summed E-state index contributed by atoms with van der Waals surface area (Å²) in [5.41, 5.74) is 2.30. The Bertz CT molecular complexity index is 630. The van der Waals surface area contributed by atoms with Gasteiger partial charge in [0.2, 0.25) is 0 Å². The molecular formula is C15H16N4O2. The minimum atomic E-state index is -0.107. The molecule has 3 rings (SSSR count). The first kappa shape index (κ1) is 13.5. The maximum Gasteiger partial charge on any atom is 0.273 e. The highest BCUT2D eigenvalue weighted by Gasteiger charge is 2.26. The summed E-state index contributed by atoms with van der Waals surface area (Å²) in [6.07, 6.45) is 4.92. The average Bonchev–Trinajstić information content (AvgIpc) is 2.90. The van der Waals surface area contributed by atoms with Gasteiger partial charge in [0.15, 0.2) is 0 Å². The molecule has 0 spiro atoms. The third-order valence-electron chi connectivity index (χ3n) is 3.20. The van der Waals surface area contributed by atoms with Crippen LogP contribution >= 0.6 is 0 Å². The summed E-state index contributed by atoms with van der Waals surface area (Å²) in [5, 5.41) is 0. The van der Waals surface area contributed by atoms with E-state index in [2.05, 4.69) is 15.0 Å². The molecular weight excluding hydrogens is 268 g/mol. The molecule has 2 aromatic rings. The van der Waals surface area contributed by atoms with Crippen LogP contribution in [0.5, 0.6) is 5.75 Å². The molecule has 108 valence electrons. The number of carbonyl (C=O) groups is 1. The van der Waals surface area contributed by atoms with Crippen LogP contribution in [0.2, 0.25) is 0 Å². The van der Waals surface area contributed by atoms with Gasteiger partial charge in [-0.2, -0.15) is 0 Å². The zero-order valence-electron chi connectivity index (χ0n) is 12.0. The highest BCUT2D eigenvalue weighted by Crippen LogP contribution is 2.21. The van der Waals surface area contributed by atoms with E-state index >= 15 is 0 Å². The largest absolute Gasteiger partial charge is 0.489 e. The smallest absolute Gasteiger partial charge is 0.273 e. The Hall–Kier alpha value is -2.50. The summed E-state index contributed by atoms with van der Waals surface area (Å²) in [4.78, 5) is 26.5. The monoisotopic (exact) mass is 284 g/mol. The fourth-order valence-corrected chi connectivity index (χ4v) is 2.25. The van der Waals surface area contributed by atoms with Gasteiger partial charge < -0.3 is 9.64 Å². The van der Waals surface area contributed by atoms with Crippen molar-refractivity contribution >= 4 is 5.91 Å². The fourth-order valence-electron chi connectivity index (χ4n) is 2.25. The SMILES string of the molecule is CC(C)Oc1ccc(C(=O)N2Cc3cncnc3C2)nc1. The minimum absolute atomic E-state index is 0.0833. The molecule has 0 atom stereocenters. The highest BCUT2D eigenvalue weighted by atomic mass is 16.5. The van der Waals surface area contributed by atoms with Gasteiger partial charge in [-0.05, 0) is 26.0 Å². The number of ether oxygens (including phenoxy) is 1. The van der Waals surface area contributed by atoms with Gasteiger partial charge in [-0.25, -0.2) is 15.0 Å². The third kappa shape index (κ3) is 2.84. The lowest BCUT2D eigenvalue weighted by Crippen LogP contribution is -2.26. The van der Waals surface area contributed by atoms with Gasteiger partial charge in [-0.15, -0.1) is 0 Å². The van der Waals surface area contributed by atoms with Gasteiger partial charge in [0.05, 0.1) is 24.5 Å². The molecule has 0 aliphatic carbocycles. The molecule has 0 unspecified atom stereocenters. The van der Waals surface area contributed by atoms with Crippen LogP contribution in [-0.4, -0.2) is 31.9 Å². The van der Waals surface area contributed by atoms with Crippen molar-refractivity contribution in [1.82, 2.24) is 19.9 Å². The van der Waals surface area contributed by atoms with Crippen LogP contribution in [0, 0.1) is 0 Å². The summed E-state index contributed by atoms with van der Waals surface area (Å²) >= 11 is 0. The number of rotatable bonds is 3. The van der Waals surface area contributed by atoms with Crippen molar-refractivity contribution in [3.8, 4) is 5.75 Å². The molecule has 2 aromatic heterocycles. The van der Waals surface area contributed by atoms with Crippen LogP contribution in [0.1, 0.15) is 35.6 Å². The van der Waals surface area contributed by atoms with E-state index in [1.54, 1.807) is 29.4 Å². The lowest BCUT2D eigenvalue weighted by atomic mass is 10.3. The first-order chi connectivity index (χ1) is 10.1. The van der Waals surface area contributed by atoms with Crippen molar-refractivity contribution in [2.45, 2.75) is 33.0 Å². The van der Waals surface area contributed by atoms with Crippen molar-refractivity contribution < 1.29 is 9.53 Å². The summed E-state index contributed by atoms with van der Waals surface area (Å²) in [7, 11) is 0. The van der Waals surface area contributed by atoms with E-state index in [1.807, 2.05) is 13.8 Å². The first-order valence-corrected chi connectivity index (χ1v) is 6.83. The summed E-state index contributed by atoms with van der Waals surface area (Å²) < 4.78 is 5.52. The van der Waals surface area contributed by atoms with Gasteiger partial charge in [-0.3, -0.25) is 4.79 Å². The number of pyridine rings is 1. The fraction of sp³-hybridized carbons (Fsp3) is 0.333. The summed E-state index contributed by atoms with van der Waals surface area (Å²) in [5.74, 6) is 0.557. The molecule has 6 nitrogen and oxygen atoms in total. The van der Waals surface area contributed by atoms with Crippen LogP contribution in [0.15, 0.2) is 30.9 Å². The van der Waals surface area contributed by atoms with E-state index in [9.17, 15) is 4.79 Å². The maximum absolute atomic E-state index is 12.4. The number of nitrogens with zero attached hydrogens (tertiary/aromatic N) is 4.